The van der Waals surface area contributed by atoms with Crippen molar-refractivity contribution in [3.8, 4) is 0 Å². The van der Waals surface area contributed by atoms with E-state index >= 15 is 0 Å². The van der Waals surface area contributed by atoms with Crippen LogP contribution in [-0.4, -0.2) is 20.3 Å². The normalized spacial score (nSPS) is 20.4. The van der Waals surface area contributed by atoms with Crippen LogP contribution in [0.3, 0.4) is 0 Å². The molecule has 0 aliphatic carbocycles. The number of hydrogen-bond donors (Lipinski definition) is 1. The third kappa shape index (κ3) is 2.41. The molecule has 3 nitrogen and oxygen atoms in total. The Bertz CT molecular complexity index is 302. The highest BCUT2D eigenvalue weighted by atomic mass is 16.5. The van der Waals surface area contributed by atoms with Crippen LogP contribution in [-0.2, 0) is 4.74 Å². The second-order valence-electron chi connectivity index (χ2n) is 4.21. The predicted molar refractivity (Wildman–Crippen MR) is 58.8 cm³/mol. The summed E-state index contributed by atoms with van der Waals surface area (Å²) in [7, 11) is 2.02. The molecule has 2 heterocycles. The number of ether oxygens (including phenoxy) is 1. The zero-order valence-corrected chi connectivity index (χ0v) is 9.45. The average molecular weight is 209 g/mol. The van der Waals surface area contributed by atoms with Crippen molar-refractivity contribution in [2.75, 3.05) is 20.3 Å². The molecule has 1 aromatic heterocycles. The minimum atomic E-state index is 0.409. The summed E-state index contributed by atoms with van der Waals surface area (Å²) in [5.74, 6) is 1.65. The molecule has 15 heavy (non-hydrogen) atoms. The van der Waals surface area contributed by atoms with E-state index in [2.05, 4.69) is 11.4 Å². The zero-order valence-electron chi connectivity index (χ0n) is 9.45. The summed E-state index contributed by atoms with van der Waals surface area (Å²) >= 11 is 0. The Labute approximate surface area is 90.8 Å². The first-order valence-electron chi connectivity index (χ1n) is 5.61. The quantitative estimate of drug-likeness (QED) is 0.829. The van der Waals surface area contributed by atoms with Crippen LogP contribution in [0.5, 0.6) is 0 Å². The Morgan fingerprint density at radius 2 is 2.13 bits per heavy atom. The van der Waals surface area contributed by atoms with E-state index in [0.717, 1.165) is 31.8 Å². The Kier molecular flexibility index (Phi) is 3.44. The zero-order chi connectivity index (χ0) is 10.7. The lowest BCUT2D eigenvalue weighted by atomic mass is 9.88. The van der Waals surface area contributed by atoms with Crippen molar-refractivity contribution in [2.24, 2.45) is 5.92 Å². The van der Waals surface area contributed by atoms with E-state index in [0.29, 0.717) is 12.0 Å². The number of furan rings is 1. The highest BCUT2D eigenvalue weighted by Gasteiger charge is 2.25. The van der Waals surface area contributed by atoms with Crippen LogP contribution in [0.1, 0.15) is 30.2 Å². The average Bonchev–Trinajstić information content (AvgIpc) is 2.68. The van der Waals surface area contributed by atoms with Gasteiger partial charge in [0.25, 0.3) is 0 Å². The van der Waals surface area contributed by atoms with E-state index in [-0.39, 0.29) is 0 Å². The summed E-state index contributed by atoms with van der Waals surface area (Å²) in [5.41, 5.74) is 1.27. The molecule has 1 fully saturated rings. The lowest BCUT2D eigenvalue weighted by molar-refractivity contribution is 0.0545. The number of nitrogens with one attached hydrogen (secondary N) is 1. The fourth-order valence-corrected chi connectivity index (χ4v) is 2.35. The van der Waals surface area contributed by atoms with E-state index < -0.39 is 0 Å². The van der Waals surface area contributed by atoms with Crippen LogP contribution >= 0.6 is 0 Å². The topological polar surface area (TPSA) is 34.4 Å². The summed E-state index contributed by atoms with van der Waals surface area (Å²) in [6.45, 7) is 3.76. The third-order valence-corrected chi connectivity index (χ3v) is 3.16. The van der Waals surface area contributed by atoms with Crippen molar-refractivity contribution in [3.63, 3.8) is 0 Å². The summed E-state index contributed by atoms with van der Waals surface area (Å²) in [5, 5.41) is 3.39. The highest BCUT2D eigenvalue weighted by Crippen LogP contribution is 2.30. The molecule has 1 N–H and O–H groups in total. The second kappa shape index (κ2) is 4.81. The van der Waals surface area contributed by atoms with Gasteiger partial charge in [-0.1, -0.05) is 0 Å². The first kappa shape index (κ1) is 10.7. The van der Waals surface area contributed by atoms with Gasteiger partial charge in [0.05, 0.1) is 6.26 Å². The van der Waals surface area contributed by atoms with Crippen LogP contribution < -0.4 is 5.32 Å². The monoisotopic (exact) mass is 209 g/mol. The molecule has 0 radical (unpaired) electrons. The standard InChI is InChI=1S/C12H19NO2/c1-9-7-11(8-15-9)12(13-2)10-3-5-14-6-4-10/h7-8,10,12-13H,3-6H2,1-2H3. The van der Waals surface area contributed by atoms with Gasteiger partial charge in [0.15, 0.2) is 0 Å². The minimum Gasteiger partial charge on any atom is -0.469 e. The number of hydrogen-bond acceptors (Lipinski definition) is 3. The summed E-state index contributed by atoms with van der Waals surface area (Å²) in [4.78, 5) is 0. The van der Waals surface area contributed by atoms with Gasteiger partial charge < -0.3 is 14.5 Å². The summed E-state index contributed by atoms with van der Waals surface area (Å²) < 4.78 is 10.8. The maximum atomic E-state index is 5.38. The molecular weight excluding hydrogens is 190 g/mol. The smallest absolute Gasteiger partial charge is 0.101 e. The summed E-state index contributed by atoms with van der Waals surface area (Å²) in [6.07, 6.45) is 4.14. The van der Waals surface area contributed by atoms with Crippen molar-refractivity contribution in [3.05, 3.63) is 23.7 Å². The van der Waals surface area contributed by atoms with Crippen molar-refractivity contribution in [1.82, 2.24) is 5.32 Å². The van der Waals surface area contributed by atoms with Crippen LogP contribution in [0.4, 0.5) is 0 Å². The van der Waals surface area contributed by atoms with Gasteiger partial charge in [0, 0.05) is 24.8 Å². The molecule has 0 saturated carbocycles. The molecular formula is C12H19NO2. The molecule has 0 amide bonds. The van der Waals surface area contributed by atoms with Gasteiger partial charge in [-0.3, -0.25) is 0 Å². The molecule has 1 aliphatic rings. The molecule has 1 saturated heterocycles. The van der Waals surface area contributed by atoms with E-state index in [1.54, 1.807) is 0 Å². The summed E-state index contributed by atoms with van der Waals surface area (Å²) in [6, 6.07) is 2.53. The molecule has 2 rings (SSSR count). The molecule has 84 valence electrons. The van der Waals surface area contributed by atoms with Gasteiger partial charge in [0.1, 0.15) is 5.76 Å². The SMILES string of the molecule is CNC(c1coc(C)c1)C1CCOCC1. The fraction of sp³-hybridized carbons (Fsp3) is 0.667. The first-order valence-corrected chi connectivity index (χ1v) is 5.61. The van der Waals surface area contributed by atoms with Crippen molar-refractivity contribution in [2.45, 2.75) is 25.8 Å². The van der Waals surface area contributed by atoms with Gasteiger partial charge in [-0.25, -0.2) is 0 Å². The maximum Gasteiger partial charge on any atom is 0.101 e. The number of rotatable bonds is 3. The van der Waals surface area contributed by atoms with Gasteiger partial charge in [-0.15, -0.1) is 0 Å². The Hall–Kier alpha value is -0.800. The Morgan fingerprint density at radius 3 is 2.67 bits per heavy atom. The van der Waals surface area contributed by atoms with Crippen molar-refractivity contribution < 1.29 is 9.15 Å². The van der Waals surface area contributed by atoms with E-state index in [1.807, 2.05) is 20.2 Å². The molecule has 1 aliphatic heterocycles. The Balaban J connectivity index is 2.08. The third-order valence-electron chi connectivity index (χ3n) is 3.16. The Morgan fingerprint density at radius 1 is 1.40 bits per heavy atom. The predicted octanol–water partition coefficient (Wildman–Crippen LogP) is 2.28. The highest BCUT2D eigenvalue weighted by molar-refractivity contribution is 5.17. The maximum absolute atomic E-state index is 5.38. The van der Waals surface area contributed by atoms with Crippen LogP contribution in [0, 0.1) is 12.8 Å². The second-order valence-corrected chi connectivity index (χ2v) is 4.21. The first-order chi connectivity index (χ1) is 7.31. The van der Waals surface area contributed by atoms with E-state index in [4.69, 9.17) is 9.15 Å². The minimum absolute atomic E-state index is 0.409. The van der Waals surface area contributed by atoms with Crippen LogP contribution in [0.25, 0.3) is 0 Å². The van der Waals surface area contributed by atoms with E-state index in [9.17, 15) is 0 Å². The van der Waals surface area contributed by atoms with Crippen LogP contribution in [0.2, 0.25) is 0 Å². The largest absolute Gasteiger partial charge is 0.469 e. The van der Waals surface area contributed by atoms with Crippen LogP contribution in [0.15, 0.2) is 16.7 Å². The van der Waals surface area contributed by atoms with Crippen molar-refractivity contribution >= 4 is 0 Å². The molecule has 0 aromatic carbocycles. The van der Waals surface area contributed by atoms with E-state index in [1.165, 1.54) is 5.56 Å². The fourth-order valence-electron chi connectivity index (χ4n) is 2.35. The van der Waals surface area contributed by atoms with Gasteiger partial charge in [-0.05, 0) is 38.8 Å². The molecule has 1 unspecified atom stereocenters. The lowest BCUT2D eigenvalue weighted by Gasteiger charge is -2.29. The molecule has 1 atom stereocenters. The molecule has 0 bridgehead atoms. The van der Waals surface area contributed by atoms with Gasteiger partial charge >= 0.3 is 0 Å². The molecule has 0 spiro atoms. The van der Waals surface area contributed by atoms with Gasteiger partial charge in [-0.2, -0.15) is 0 Å². The molecule has 1 aromatic rings. The lowest BCUT2D eigenvalue weighted by Crippen LogP contribution is -2.29. The van der Waals surface area contributed by atoms with Crippen molar-refractivity contribution in [1.29, 1.82) is 0 Å². The molecule has 3 heteroatoms. The number of aryl methyl sites for hydroxylation is 1. The van der Waals surface area contributed by atoms with Gasteiger partial charge in [0.2, 0.25) is 0 Å².